The number of nitrogens with one attached hydrogen (secondary N) is 2. The van der Waals surface area contributed by atoms with E-state index in [0.29, 0.717) is 29.8 Å². The predicted octanol–water partition coefficient (Wildman–Crippen LogP) is 1.30. The van der Waals surface area contributed by atoms with Gasteiger partial charge in [0.25, 0.3) is 5.91 Å². The smallest absolute Gasteiger partial charge is 0.262 e. The number of hydrazine groups is 1. The van der Waals surface area contributed by atoms with Crippen LogP contribution in [-0.2, 0) is 9.53 Å². The zero-order valence-electron chi connectivity index (χ0n) is 13.7. The molecule has 0 saturated heterocycles. The first kappa shape index (κ1) is 18.0. The molecule has 0 atom stereocenters. The Morgan fingerprint density at radius 2 is 2.21 bits per heavy atom. The van der Waals surface area contributed by atoms with Crippen LogP contribution in [-0.4, -0.2) is 50.1 Å². The molecule has 0 saturated carbocycles. The van der Waals surface area contributed by atoms with E-state index >= 15 is 0 Å². The number of hydrogen-bond donors (Lipinski definition) is 2. The highest BCUT2D eigenvalue weighted by molar-refractivity contribution is 7.80. The molecule has 1 aliphatic rings. The van der Waals surface area contributed by atoms with E-state index in [1.54, 1.807) is 20.2 Å². The van der Waals surface area contributed by atoms with Gasteiger partial charge in [-0.15, -0.1) is 0 Å². The summed E-state index contributed by atoms with van der Waals surface area (Å²) in [4.78, 5) is 11.9. The Morgan fingerprint density at radius 1 is 1.42 bits per heavy atom. The average Bonchev–Trinajstić information content (AvgIpc) is 3.04. The number of hydrogen-bond acceptors (Lipinski definition) is 5. The van der Waals surface area contributed by atoms with E-state index in [-0.39, 0.29) is 12.7 Å². The third kappa shape index (κ3) is 5.39. The fraction of sp³-hybridized carbons (Fsp3) is 0.375. The minimum atomic E-state index is -0.281. The molecule has 1 aliphatic heterocycles. The Kier molecular flexibility index (Phi) is 6.83. The van der Waals surface area contributed by atoms with Gasteiger partial charge in [-0.2, -0.15) is 0 Å². The maximum Gasteiger partial charge on any atom is 0.262 e. The lowest BCUT2D eigenvalue weighted by Crippen LogP contribution is -2.47. The van der Waals surface area contributed by atoms with E-state index in [9.17, 15) is 4.79 Å². The van der Waals surface area contributed by atoms with Crippen molar-refractivity contribution in [2.45, 2.75) is 6.42 Å². The summed E-state index contributed by atoms with van der Waals surface area (Å²) < 4.78 is 15.5. The lowest BCUT2D eigenvalue weighted by Gasteiger charge is -2.20. The van der Waals surface area contributed by atoms with E-state index < -0.39 is 0 Å². The number of benzene rings is 1. The van der Waals surface area contributed by atoms with Gasteiger partial charge in [0, 0.05) is 33.4 Å². The van der Waals surface area contributed by atoms with Crippen LogP contribution in [0.3, 0.4) is 0 Å². The van der Waals surface area contributed by atoms with Gasteiger partial charge in [0.15, 0.2) is 16.6 Å². The van der Waals surface area contributed by atoms with Gasteiger partial charge >= 0.3 is 0 Å². The number of ether oxygens (including phenoxy) is 3. The van der Waals surface area contributed by atoms with Crippen molar-refractivity contribution in [3.05, 3.63) is 29.8 Å². The van der Waals surface area contributed by atoms with Crippen LogP contribution in [0.4, 0.5) is 0 Å². The first-order chi connectivity index (χ1) is 11.6. The van der Waals surface area contributed by atoms with Crippen LogP contribution in [0.2, 0.25) is 0 Å². The molecule has 130 valence electrons. The van der Waals surface area contributed by atoms with Gasteiger partial charge in [0.05, 0.1) is 0 Å². The number of carbonyl (C=O) groups excluding carboxylic acids is 1. The number of thiocarbonyl (C=S) groups is 1. The first-order valence-electron chi connectivity index (χ1n) is 7.49. The van der Waals surface area contributed by atoms with Crippen molar-refractivity contribution in [1.82, 2.24) is 15.8 Å². The van der Waals surface area contributed by atoms with Crippen molar-refractivity contribution in [3.8, 4) is 11.5 Å². The van der Waals surface area contributed by atoms with Crippen LogP contribution in [0.15, 0.2) is 24.3 Å². The molecule has 1 heterocycles. The summed E-state index contributed by atoms with van der Waals surface area (Å²) in [5.74, 6) is 1.11. The van der Waals surface area contributed by atoms with Crippen molar-refractivity contribution < 1.29 is 19.0 Å². The zero-order chi connectivity index (χ0) is 17.4. The molecule has 2 N–H and O–H groups in total. The number of rotatable bonds is 6. The predicted molar refractivity (Wildman–Crippen MR) is 94.6 cm³/mol. The number of methoxy groups -OCH3 is 1. The highest BCUT2D eigenvalue weighted by atomic mass is 32.1. The van der Waals surface area contributed by atoms with Crippen molar-refractivity contribution in [3.63, 3.8) is 0 Å². The zero-order valence-corrected chi connectivity index (χ0v) is 14.5. The second-order valence-electron chi connectivity index (χ2n) is 5.06. The molecular weight excluding hydrogens is 330 g/mol. The van der Waals surface area contributed by atoms with Crippen LogP contribution in [0.1, 0.15) is 12.0 Å². The van der Waals surface area contributed by atoms with Gasteiger partial charge in [-0.05, 0) is 42.4 Å². The summed E-state index contributed by atoms with van der Waals surface area (Å²) in [6.07, 6.45) is 3.96. The number of nitrogens with zero attached hydrogens (tertiary/aromatic N) is 1. The molecule has 0 spiro atoms. The molecular formula is C16H21N3O4S. The van der Waals surface area contributed by atoms with Gasteiger partial charge in [-0.3, -0.25) is 15.2 Å². The Balaban J connectivity index is 1.78. The minimum absolute atomic E-state index is 0.225. The quantitative estimate of drug-likeness (QED) is 0.346. The minimum Gasteiger partial charge on any atom is -0.454 e. The Hall–Kier alpha value is -2.32. The van der Waals surface area contributed by atoms with Gasteiger partial charge in [0.1, 0.15) is 0 Å². The van der Waals surface area contributed by atoms with Crippen molar-refractivity contribution in [2.75, 3.05) is 34.1 Å². The van der Waals surface area contributed by atoms with Gasteiger partial charge in [-0.25, -0.2) is 0 Å². The van der Waals surface area contributed by atoms with Crippen LogP contribution in [0, 0.1) is 0 Å². The summed E-state index contributed by atoms with van der Waals surface area (Å²) in [5.41, 5.74) is 3.50. The largest absolute Gasteiger partial charge is 0.454 e. The van der Waals surface area contributed by atoms with Gasteiger partial charge < -0.3 is 19.5 Å². The maximum absolute atomic E-state index is 11.9. The summed E-state index contributed by atoms with van der Waals surface area (Å²) in [5, 5.41) is 4.94. The second kappa shape index (κ2) is 9.09. The molecule has 0 radical (unpaired) electrons. The van der Waals surface area contributed by atoms with Gasteiger partial charge in [0.2, 0.25) is 6.79 Å². The third-order valence-corrected chi connectivity index (χ3v) is 3.63. The molecule has 0 aromatic heterocycles. The SMILES string of the molecule is COCCCNC(=S)N(C)NC(=O)/C=C/c1ccc2c(c1)OCO2. The summed E-state index contributed by atoms with van der Waals surface area (Å²) in [7, 11) is 3.33. The normalized spacial score (nSPS) is 12.2. The Morgan fingerprint density at radius 3 is 3.00 bits per heavy atom. The van der Waals surface area contributed by atoms with E-state index in [1.165, 1.54) is 11.1 Å². The Bertz CT molecular complexity index is 621. The molecule has 24 heavy (non-hydrogen) atoms. The highest BCUT2D eigenvalue weighted by Crippen LogP contribution is 2.32. The topological polar surface area (TPSA) is 72.1 Å². The van der Waals surface area contributed by atoms with Gasteiger partial charge in [-0.1, -0.05) is 6.07 Å². The second-order valence-corrected chi connectivity index (χ2v) is 5.45. The summed E-state index contributed by atoms with van der Waals surface area (Å²) in [6.45, 7) is 1.56. The third-order valence-electron chi connectivity index (χ3n) is 3.21. The van der Waals surface area contributed by atoms with Crippen LogP contribution < -0.4 is 20.2 Å². The maximum atomic E-state index is 11.9. The van der Waals surface area contributed by atoms with Crippen molar-refractivity contribution in [1.29, 1.82) is 0 Å². The summed E-state index contributed by atoms with van der Waals surface area (Å²) in [6, 6.07) is 5.48. The monoisotopic (exact) mass is 351 g/mol. The lowest BCUT2D eigenvalue weighted by molar-refractivity contribution is -0.119. The standard InChI is InChI=1S/C16H21N3O4S/c1-19(16(24)17-8-3-9-21-2)18-15(20)7-5-12-4-6-13-14(10-12)23-11-22-13/h4-7,10H,3,8-9,11H2,1-2H3,(H,17,24)(H,18,20)/b7-5+. The van der Waals surface area contributed by atoms with Crippen molar-refractivity contribution >= 4 is 29.3 Å². The van der Waals surface area contributed by atoms with Crippen LogP contribution in [0.25, 0.3) is 6.08 Å². The van der Waals surface area contributed by atoms with E-state index in [1.807, 2.05) is 18.2 Å². The molecule has 7 nitrogen and oxygen atoms in total. The van der Waals surface area contributed by atoms with Crippen LogP contribution >= 0.6 is 12.2 Å². The molecule has 0 bridgehead atoms. The number of fused-ring (bicyclic) bond motifs is 1. The Labute approximate surface area is 146 Å². The van der Waals surface area contributed by atoms with E-state index in [0.717, 1.165) is 12.0 Å². The molecule has 0 unspecified atom stereocenters. The molecule has 0 aliphatic carbocycles. The molecule has 8 heteroatoms. The average molecular weight is 351 g/mol. The fourth-order valence-electron chi connectivity index (χ4n) is 1.97. The molecule has 0 fully saturated rings. The summed E-state index contributed by atoms with van der Waals surface area (Å²) >= 11 is 5.18. The number of amides is 1. The molecule has 2 rings (SSSR count). The van der Waals surface area contributed by atoms with Crippen molar-refractivity contribution in [2.24, 2.45) is 0 Å². The first-order valence-corrected chi connectivity index (χ1v) is 7.90. The molecule has 1 amide bonds. The lowest BCUT2D eigenvalue weighted by atomic mass is 10.2. The van der Waals surface area contributed by atoms with E-state index in [2.05, 4.69) is 10.7 Å². The molecule has 1 aromatic rings. The van der Waals surface area contributed by atoms with Crippen LogP contribution in [0.5, 0.6) is 11.5 Å². The highest BCUT2D eigenvalue weighted by Gasteiger charge is 2.12. The van der Waals surface area contributed by atoms with E-state index in [4.69, 9.17) is 26.4 Å². The number of carbonyl (C=O) groups is 1. The fourth-order valence-corrected chi connectivity index (χ4v) is 2.12. The molecule has 1 aromatic carbocycles.